The number of hydrogen-bond acceptors (Lipinski definition) is 5. The van der Waals surface area contributed by atoms with Crippen LogP contribution in [0.25, 0.3) is 0 Å². The summed E-state index contributed by atoms with van der Waals surface area (Å²) in [4.78, 5) is 32.5. The first-order valence-electron chi connectivity index (χ1n) is 5.17. The first-order chi connectivity index (χ1) is 7.88. The molecular weight excluding hydrogens is 228 g/mol. The molecule has 1 rings (SSSR count). The van der Waals surface area contributed by atoms with Gasteiger partial charge in [0.15, 0.2) is 0 Å². The number of aliphatic carboxylic acids is 1. The highest BCUT2D eigenvalue weighted by Gasteiger charge is 2.29. The lowest BCUT2D eigenvalue weighted by Crippen LogP contribution is -2.31. The van der Waals surface area contributed by atoms with E-state index in [1.807, 2.05) is 0 Å². The molecule has 0 bridgehead atoms. The Hall–Kier alpha value is -1.85. The van der Waals surface area contributed by atoms with Gasteiger partial charge in [-0.25, -0.2) is 4.79 Å². The second-order valence-corrected chi connectivity index (χ2v) is 3.82. The summed E-state index contributed by atoms with van der Waals surface area (Å²) in [6.45, 7) is 2.49. The molecule has 1 aliphatic carbocycles. The standard InChI is InChI=1S/C11H14O6/c1-6(12)16-9-3-8(11(14)15)4-10(5-9)17-7(2)13/h3,9-10H,4-5H2,1-2H3,(H,14,15)/t9-,10-/m1/s1. The molecular formula is C11H14O6. The molecule has 0 radical (unpaired) electrons. The number of carbonyl (C=O) groups excluding carboxylic acids is 2. The molecule has 6 nitrogen and oxygen atoms in total. The van der Waals surface area contributed by atoms with Crippen LogP contribution in [-0.2, 0) is 23.9 Å². The molecule has 2 atom stereocenters. The lowest BCUT2D eigenvalue weighted by molar-refractivity contribution is -0.152. The Balaban J connectivity index is 2.77. The Morgan fingerprint density at radius 2 is 1.82 bits per heavy atom. The molecule has 0 aromatic carbocycles. The number of ether oxygens (including phenoxy) is 2. The van der Waals surface area contributed by atoms with Crippen molar-refractivity contribution in [1.29, 1.82) is 0 Å². The number of carboxylic acid groups (broad SMARTS) is 1. The van der Waals surface area contributed by atoms with Crippen LogP contribution in [-0.4, -0.2) is 35.2 Å². The average Bonchev–Trinajstić information content (AvgIpc) is 2.14. The van der Waals surface area contributed by atoms with Crippen molar-refractivity contribution in [2.45, 2.75) is 38.9 Å². The number of rotatable bonds is 3. The van der Waals surface area contributed by atoms with Gasteiger partial charge in [0.1, 0.15) is 12.2 Å². The van der Waals surface area contributed by atoms with Crippen LogP contribution in [0.15, 0.2) is 11.6 Å². The minimum absolute atomic E-state index is 0.0914. The zero-order valence-corrected chi connectivity index (χ0v) is 9.63. The number of hydrogen-bond donors (Lipinski definition) is 1. The van der Waals surface area contributed by atoms with Crippen molar-refractivity contribution in [3.8, 4) is 0 Å². The van der Waals surface area contributed by atoms with Crippen LogP contribution in [0, 0.1) is 0 Å². The number of carbonyl (C=O) groups is 3. The van der Waals surface area contributed by atoms with Crippen LogP contribution >= 0.6 is 0 Å². The molecule has 0 saturated heterocycles. The maximum Gasteiger partial charge on any atom is 0.331 e. The third-order valence-corrected chi connectivity index (χ3v) is 2.25. The summed E-state index contributed by atoms with van der Waals surface area (Å²) in [6.07, 6.45) is 0.580. The first kappa shape index (κ1) is 13.2. The van der Waals surface area contributed by atoms with Crippen molar-refractivity contribution in [2.24, 2.45) is 0 Å². The fraction of sp³-hybridized carbons (Fsp3) is 0.545. The molecule has 0 saturated carbocycles. The highest BCUT2D eigenvalue weighted by atomic mass is 16.6. The van der Waals surface area contributed by atoms with E-state index in [1.165, 1.54) is 19.9 Å². The molecule has 0 aliphatic heterocycles. The molecule has 0 fully saturated rings. The minimum Gasteiger partial charge on any atom is -0.478 e. The van der Waals surface area contributed by atoms with Crippen molar-refractivity contribution >= 4 is 17.9 Å². The Kier molecular flexibility index (Phi) is 4.25. The van der Waals surface area contributed by atoms with Gasteiger partial charge in [-0.1, -0.05) is 0 Å². The van der Waals surface area contributed by atoms with E-state index < -0.39 is 30.1 Å². The van der Waals surface area contributed by atoms with E-state index in [9.17, 15) is 14.4 Å². The maximum absolute atomic E-state index is 10.9. The Morgan fingerprint density at radius 1 is 1.24 bits per heavy atom. The normalized spacial score (nSPS) is 23.5. The van der Waals surface area contributed by atoms with Gasteiger partial charge >= 0.3 is 17.9 Å². The van der Waals surface area contributed by atoms with E-state index in [4.69, 9.17) is 14.6 Å². The van der Waals surface area contributed by atoms with Crippen molar-refractivity contribution in [1.82, 2.24) is 0 Å². The molecule has 1 aliphatic rings. The number of esters is 2. The SMILES string of the molecule is CC(=O)O[C@@H]1CC(C(=O)O)=C[C@@H](OC(C)=O)C1. The van der Waals surface area contributed by atoms with Crippen LogP contribution in [0.4, 0.5) is 0 Å². The molecule has 1 N–H and O–H groups in total. The lowest BCUT2D eigenvalue weighted by atomic mass is 9.94. The smallest absolute Gasteiger partial charge is 0.331 e. The second kappa shape index (κ2) is 5.47. The van der Waals surface area contributed by atoms with E-state index in [1.54, 1.807) is 0 Å². The molecule has 0 aromatic rings. The van der Waals surface area contributed by atoms with E-state index in [2.05, 4.69) is 0 Å². The summed E-state index contributed by atoms with van der Waals surface area (Å²) in [5.41, 5.74) is 0.0914. The molecule has 0 spiro atoms. The highest BCUT2D eigenvalue weighted by Crippen LogP contribution is 2.23. The van der Waals surface area contributed by atoms with Crippen molar-refractivity contribution < 1.29 is 29.0 Å². The Morgan fingerprint density at radius 3 is 2.29 bits per heavy atom. The lowest BCUT2D eigenvalue weighted by Gasteiger charge is -2.26. The molecule has 6 heteroatoms. The van der Waals surface area contributed by atoms with E-state index in [0.29, 0.717) is 0 Å². The quantitative estimate of drug-likeness (QED) is 0.731. The Bertz CT molecular complexity index is 370. The average molecular weight is 242 g/mol. The highest BCUT2D eigenvalue weighted by molar-refractivity contribution is 5.87. The van der Waals surface area contributed by atoms with Gasteiger partial charge in [0.2, 0.25) is 0 Å². The molecule has 0 aromatic heterocycles. The van der Waals surface area contributed by atoms with Gasteiger partial charge in [-0.05, 0) is 6.08 Å². The summed E-state index contributed by atoms with van der Waals surface area (Å²) >= 11 is 0. The second-order valence-electron chi connectivity index (χ2n) is 3.82. The van der Waals surface area contributed by atoms with Crippen LogP contribution in [0.2, 0.25) is 0 Å². The molecule has 0 amide bonds. The van der Waals surface area contributed by atoms with Crippen molar-refractivity contribution in [2.75, 3.05) is 0 Å². The van der Waals surface area contributed by atoms with Gasteiger partial charge in [-0.15, -0.1) is 0 Å². The fourth-order valence-corrected chi connectivity index (χ4v) is 1.73. The topological polar surface area (TPSA) is 89.9 Å². The van der Waals surface area contributed by atoms with Gasteiger partial charge in [0, 0.05) is 32.3 Å². The molecule has 94 valence electrons. The van der Waals surface area contributed by atoms with E-state index in [-0.39, 0.29) is 18.4 Å². The van der Waals surface area contributed by atoms with Gasteiger partial charge < -0.3 is 14.6 Å². The monoisotopic (exact) mass is 242 g/mol. The summed E-state index contributed by atoms with van der Waals surface area (Å²) in [5.74, 6) is -2.08. The van der Waals surface area contributed by atoms with E-state index in [0.717, 1.165) is 0 Å². The fourth-order valence-electron chi connectivity index (χ4n) is 1.73. The van der Waals surface area contributed by atoms with Crippen molar-refractivity contribution in [3.05, 3.63) is 11.6 Å². The van der Waals surface area contributed by atoms with Gasteiger partial charge in [-0.2, -0.15) is 0 Å². The van der Waals surface area contributed by atoms with Crippen LogP contribution < -0.4 is 0 Å². The maximum atomic E-state index is 10.9. The van der Waals surface area contributed by atoms with Crippen LogP contribution in [0.1, 0.15) is 26.7 Å². The van der Waals surface area contributed by atoms with Gasteiger partial charge in [0.25, 0.3) is 0 Å². The van der Waals surface area contributed by atoms with Gasteiger partial charge in [-0.3, -0.25) is 9.59 Å². The minimum atomic E-state index is -1.10. The summed E-state index contributed by atoms with van der Waals surface area (Å²) in [5, 5.41) is 8.89. The predicted molar refractivity (Wildman–Crippen MR) is 56.1 cm³/mol. The zero-order chi connectivity index (χ0) is 13.0. The zero-order valence-electron chi connectivity index (χ0n) is 9.63. The predicted octanol–water partition coefficient (Wildman–Crippen LogP) is 0.655. The van der Waals surface area contributed by atoms with Crippen molar-refractivity contribution in [3.63, 3.8) is 0 Å². The largest absolute Gasteiger partial charge is 0.478 e. The number of carboxylic acids is 1. The Labute approximate surface area is 98.2 Å². The molecule has 0 unspecified atom stereocenters. The van der Waals surface area contributed by atoms with E-state index >= 15 is 0 Å². The third-order valence-electron chi connectivity index (χ3n) is 2.25. The third kappa shape index (κ3) is 4.26. The van der Waals surface area contributed by atoms with Crippen LogP contribution in [0.5, 0.6) is 0 Å². The summed E-state index contributed by atoms with van der Waals surface area (Å²) < 4.78 is 9.86. The van der Waals surface area contributed by atoms with Crippen LogP contribution in [0.3, 0.4) is 0 Å². The summed E-state index contributed by atoms with van der Waals surface area (Å²) in [7, 11) is 0. The molecule has 17 heavy (non-hydrogen) atoms. The summed E-state index contributed by atoms with van der Waals surface area (Å²) in [6, 6.07) is 0. The van der Waals surface area contributed by atoms with Gasteiger partial charge in [0.05, 0.1) is 0 Å². The first-order valence-corrected chi connectivity index (χ1v) is 5.17. The molecule has 0 heterocycles.